The summed E-state index contributed by atoms with van der Waals surface area (Å²) >= 11 is 0. The summed E-state index contributed by atoms with van der Waals surface area (Å²) in [6.45, 7) is 1.02. The van der Waals surface area contributed by atoms with E-state index < -0.39 is 10.0 Å². The summed E-state index contributed by atoms with van der Waals surface area (Å²) < 4.78 is 32.8. The maximum atomic E-state index is 13.1. The van der Waals surface area contributed by atoms with Crippen molar-refractivity contribution in [3.8, 4) is 5.75 Å². The molecule has 0 bridgehead atoms. The minimum Gasteiger partial charge on any atom is -0.495 e. The second-order valence-electron chi connectivity index (χ2n) is 5.76. The number of piperidine rings is 1. The van der Waals surface area contributed by atoms with E-state index in [0.29, 0.717) is 18.8 Å². The molecule has 3 N–H and O–H groups in total. The van der Waals surface area contributed by atoms with Crippen molar-refractivity contribution in [3.63, 3.8) is 0 Å². The third-order valence-electron chi connectivity index (χ3n) is 4.14. The van der Waals surface area contributed by atoms with Crippen molar-refractivity contribution in [1.82, 2.24) is 9.62 Å². The van der Waals surface area contributed by atoms with Crippen LogP contribution in [-0.2, 0) is 14.8 Å². The third kappa shape index (κ3) is 4.25. The molecule has 0 aliphatic carbocycles. The number of methoxy groups -OCH3 is 1. The number of carbonyl (C=O) groups is 1. The molecule has 1 aromatic carbocycles. The Morgan fingerprint density at radius 1 is 1.38 bits per heavy atom. The van der Waals surface area contributed by atoms with Gasteiger partial charge in [-0.25, -0.2) is 8.42 Å². The van der Waals surface area contributed by atoms with Crippen LogP contribution in [0.1, 0.15) is 25.7 Å². The molecule has 1 unspecified atom stereocenters. The van der Waals surface area contributed by atoms with Crippen molar-refractivity contribution in [2.45, 2.75) is 36.6 Å². The van der Waals surface area contributed by atoms with Crippen LogP contribution < -0.4 is 15.8 Å². The predicted molar refractivity (Wildman–Crippen MR) is 91.2 cm³/mol. The molecule has 0 radical (unpaired) electrons. The SMILES string of the molecule is COc1ccccc1S(=O)(=O)N1CCCCC1CNC(=O)CCN. The second kappa shape index (κ2) is 8.46. The normalized spacial score (nSPS) is 19.0. The van der Waals surface area contributed by atoms with E-state index in [1.54, 1.807) is 24.3 Å². The van der Waals surface area contributed by atoms with Crippen molar-refractivity contribution in [2.75, 3.05) is 26.7 Å². The molecule has 0 saturated carbocycles. The van der Waals surface area contributed by atoms with Gasteiger partial charge in [0, 0.05) is 32.1 Å². The fourth-order valence-electron chi connectivity index (χ4n) is 2.90. The Kier molecular flexibility index (Phi) is 6.59. The molecular formula is C16H25N3O4S. The van der Waals surface area contributed by atoms with E-state index in [0.717, 1.165) is 19.3 Å². The highest BCUT2D eigenvalue weighted by molar-refractivity contribution is 7.89. The Labute approximate surface area is 143 Å². The molecule has 2 rings (SSSR count). The Bertz CT molecular complexity index is 663. The highest BCUT2D eigenvalue weighted by Crippen LogP contribution is 2.30. The highest BCUT2D eigenvalue weighted by atomic mass is 32.2. The first-order valence-electron chi connectivity index (χ1n) is 8.12. The number of amides is 1. The van der Waals surface area contributed by atoms with E-state index in [1.165, 1.54) is 11.4 Å². The average Bonchev–Trinajstić information content (AvgIpc) is 2.60. The quantitative estimate of drug-likeness (QED) is 0.750. The van der Waals surface area contributed by atoms with E-state index in [9.17, 15) is 13.2 Å². The van der Waals surface area contributed by atoms with Crippen LogP contribution in [0.3, 0.4) is 0 Å². The van der Waals surface area contributed by atoms with Gasteiger partial charge < -0.3 is 15.8 Å². The number of para-hydroxylation sites is 1. The first-order chi connectivity index (χ1) is 11.5. The number of nitrogens with two attached hydrogens (primary N) is 1. The lowest BCUT2D eigenvalue weighted by Gasteiger charge is -2.35. The zero-order valence-corrected chi connectivity index (χ0v) is 14.7. The number of ether oxygens (including phenoxy) is 1. The Morgan fingerprint density at radius 2 is 2.12 bits per heavy atom. The fraction of sp³-hybridized carbons (Fsp3) is 0.562. The zero-order valence-electron chi connectivity index (χ0n) is 13.9. The number of hydrogen-bond acceptors (Lipinski definition) is 5. The molecule has 1 aliphatic rings. The number of carbonyl (C=O) groups excluding carboxylic acids is 1. The van der Waals surface area contributed by atoms with Gasteiger partial charge in [-0.2, -0.15) is 4.31 Å². The minimum absolute atomic E-state index is 0.155. The number of rotatable bonds is 7. The molecule has 1 aromatic rings. The molecule has 1 aliphatic heterocycles. The lowest BCUT2D eigenvalue weighted by Crippen LogP contribution is -2.49. The zero-order chi connectivity index (χ0) is 17.6. The molecule has 1 heterocycles. The molecule has 0 aromatic heterocycles. The van der Waals surface area contributed by atoms with Gasteiger partial charge in [0.25, 0.3) is 0 Å². The summed E-state index contributed by atoms with van der Waals surface area (Å²) in [5.41, 5.74) is 5.36. The molecule has 1 atom stereocenters. The van der Waals surface area contributed by atoms with Crippen LogP contribution in [-0.4, -0.2) is 51.4 Å². The highest BCUT2D eigenvalue weighted by Gasteiger charge is 2.35. The Morgan fingerprint density at radius 3 is 2.83 bits per heavy atom. The van der Waals surface area contributed by atoms with E-state index in [1.807, 2.05) is 0 Å². The van der Waals surface area contributed by atoms with Crippen molar-refractivity contribution in [3.05, 3.63) is 24.3 Å². The predicted octanol–water partition coefficient (Wildman–Crippen LogP) is 0.703. The summed E-state index contributed by atoms with van der Waals surface area (Å²) in [5.74, 6) is 0.173. The molecular weight excluding hydrogens is 330 g/mol. The molecule has 1 fully saturated rings. The topological polar surface area (TPSA) is 102 Å². The average molecular weight is 355 g/mol. The number of nitrogens with one attached hydrogen (secondary N) is 1. The summed E-state index contributed by atoms with van der Waals surface area (Å²) in [6, 6.07) is 6.34. The summed E-state index contributed by atoms with van der Waals surface area (Å²) in [7, 11) is -2.23. The van der Waals surface area contributed by atoms with Crippen LogP contribution in [0.25, 0.3) is 0 Å². The number of nitrogens with zero attached hydrogens (tertiary/aromatic N) is 1. The van der Waals surface area contributed by atoms with E-state index in [2.05, 4.69) is 5.32 Å². The maximum absolute atomic E-state index is 13.1. The van der Waals surface area contributed by atoms with Gasteiger partial charge in [-0.3, -0.25) is 4.79 Å². The van der Waals surface area contributed by atoms with Crippen LogP contribution in [0.4, 0.5) is 0 Å². The fourth-order valence-corrected chi connectivity index (χ4v) is 4.75. The van der Waals surface area contributed by atoms with Crippen molar-refractivity contribution >= 4 is 15.9 Å². The largest absolute Gasteiger partial charge is 0.495 e. The Hall–Kier alpha value is -1.64. The van der Waals surface area contributed by atoms with Gasteiger partial charge in [0.05, 0.1) is 7.11 Å². The minimum atomic E-state index is -3.68. The molecule has 8 heteroatoms. The maximum Gasteiger partial charge on any atom is 0.247 e. The standard InChI is InChI=1S/C16H25N3O4S/c1-23-14-7-2-3-8-15(14)24(21,22)19-11-5-4-6-13(19)12-18-16(20)9-10-17/h2-3,7-8,13H,4-6,9-12,17H2,1H3,(H,18,20). The van der Waals surface area contributed by atoms with Crippen LogP contribution in [0.15, 0.2) is 29.2 Å². The van der Waals surface area contributed by atoms with Gasteiger partial charge >= 0.3 is 0 Å². The summed E-state index contributed by atoms with van der Waals surface area (Å²) in [6.07, 6.45) is 2.71. The number of hydrogen-bond donors (Lipinski definition) is 2. The van der Waals surface area contributed by atoms with Gasteiger partial charge in [0.1, 0.15) is 10.6 Å². The molecule has 24 heavy (non-hydrogen) atoms. The molecule has 1 amide bonds. The van der Waals surface area contributed by atoms with Gasteiger partial charge in [-0.05, 0) is 25.0 Å². The number of sulfonamides is 1. The van der Waals surface area contributed by atoms with Gasteiger partial charge in [-0.1, -0.05) is 18.6 Å². The molecule has 1 saturated heterocycles. The van der Waals surface area contributed by atoms with Crippen LogP contribution in [0, 0.1) is 0 Å². The van der Waals surface area contributed by atoms with Crippen LogP contribution in [0.5, 0.6) is 5.75 Å². The van der Waals surface area contributed by atoms with Gasteiger partial charge in [0.15, 0.2) is 0 Å². The summed E-state index contributed by atoms with van der Waals surface area (Å²) in [5, 5.41) is 2.78. The smallest absolute Gasteiger partial charge is 0.247 e. The van der Waals surface area contributed by atoms with Gasteiger partial charge in [0.2, 0.25) is 15.9 Å². The van der Waals surface area contributed by atoms with Crippen LogP contribution in [0.2, 0.25) is 0 Å². The van der Waals surface area contributed by atoms with Crippen molar-refractivity contribution in [1.29, 1.82) is 0 Å². The van der Waals surface area contributed by atoms with E-state index in [-0.39, 0.29) is 29.8 Å². The number of benzene rings is 1. The lowest BCUT2D eigenvalue weighted by molar-refractivity contribution is -0.121. The third-order valence-corrected chi connectivity index (χ3v) is 6.13. The van der Waals surface area contributed by atoms with Crippen LogP contribution >= 0.6 is 0 Å². The first-order valence-corrected chi connectivity index (χ1v) is 9.56. The lowest BCUT2D eigenvalue weighted by atomic mass is 10.1. The van der Waals surface area contributed by atoms with Crippen molar-refractivity contribution < 1.29 is 17.9 Å². The summed E-state index contributed by atoms with van der Waals surface area (Å²) in [4.78, 5) is 11.8. The molecule has 7 nitrogen and oxygen atoms in total. The van der Waals surface area contributed by atoms with E-state index in [4.69, 9.17) is 10.5 Å². The monoisotopic (exact) mass is 355 g/mol. The molecule has 134 valence electrons. The molecule has 0 spiro atoms. The van der Waals surface area contributed by atoms with Gasteiger partial charge in [-0.15, -0.1) is 0 Å². The Balaban J connectivity index is 2.20. The second-order valence-corrected chi connectivity index (χ2v) is 7.62. The van der Waals surface area contributed by atoms with Crippen molar-refractivity contribution in [2.24, 2.45) is 5.73 Å². The van der Waals surface area contributed by atoms with E-state index >= 15 is 0 Å². The first kappa shape index (κ1) is 18.7.